The van der Waals surface area contributed by atoms with Gasteiger partial charge in [-0.1, -0.05) is 31.5 Å². The molecular weight excluding hydrogens is 365 g/mol. The number of nitrogens with zero attached hydrogens (tertiary/aromatic N) is 1. The lowest BCUT2D eigenvalue weighted by molar-refractivity contribution is -0.137. The Labute approximate surface area is 155 Å². The first-order valence-electron chi connectivity index (χ1n) is 7.84. The van der Waals surface area contributed by atoms with Crippen LogP contribution in [-0.4, -0.2) is 27.9 Å². The monoisotopic (exact) mass is 383 g/mol. The third-order valence-corrected chi connectivity index (χ3v) is 4.38. The standard InChI is InChI=1S/C18H19ClFNO3S/c1-11(2)25-16-6-3-5-15(21-16)12-9-13(19)18(14(20)10-12)24-8-4-7-17(22)23/h3,5-6,9-11H,4,7-8H2,1-2H3,(H,22,23). The minimum absolute atomic E-state index is 0.0401. The summed E-state index contributed by atoms with van der Waals surface area (Å²) >= 11 is 7.76. The average molecular weight is 384 g/mol. The van der Waals surface area contributed by atoms with E-state index >= 15 is 0 Å². The van der Waals surface area contributed by atoms with E-state index in [-0.39, 0.29) is 30.2 Å². The van der Waals surface area contributed by atoms with E-state index in [2.05, 4.69) is 18.8 Å². The van der Waals surface area contributed by atoms with Gasteiger partial charge in [-0.05, 0) is 30.7 Å². The maximum absolute atomic E-state index is 14.3. The predicted octanol–water partition coefficient (Wildman–Crippen LogP) is 5.29. The molecular formula is C18H19ClFNO3S. The summed E-state index contributed by atoms with van der Waals surface area (Å²) in [5, 5.41) is 9.98. The topological polar surface area (TPSA) is 59.4 Å². The normalized spacial score (nSPS) is 10.9. The number of carbonyl (C=O) groups is 1. The highest BCUT2D eigenvalue weighted by atomic mass is 35.5. The van der Waals surface area contributed by atoms with E-state index in [0.717, 1.165) is 5.03 Å². The van der Waals surface area contributed by atoms with Crippen LogP contribution in [0.2, 0.25) is 5.02 Å². The SMILES string of the molecule is CC(C)Sc1cccc(-c2cc(F)c(OCCCC(=O)O)c(Cl)c2)n1. The number of thioether (sulfide) groups is 1. The summed E-state index contributed by atoms with van der Waals surface area (Å²) in [5.41, 5.74) is 1.19. The molecule has 4 nitrogen and oxygen atoms in total. The van der Waals surface area contributed by atoms with Crippen LogP contribution in [0, 0.1) is 5.82 Å². The molecule has 0 fully saturated rings. The van der Waals surface area contributed by atoms with Crippen molar-refractivity contribution in [2.45, 2.75) is 37.0 Å². The molecule has 134 valence electrons. The molecule has 2 aromatic rings. The lowest BCUT2D eigenvalue weighted by Crippen LogP contribution is -2.04. The third kappa shape index (κ3) is 5.90. The Morgan fingerprint density at radius 2 is 2.16 bits per heavy atom. The minimum atomic E-state index is -0.921. The van der Waals surface area contributed by atoms with Crippen LogP contribution in [0.15, 0.2) is 35.4 Å². The van der Waals surface area contributed by atoms with Crippen molar-refractivity contribution >= 4 is 29.3 Å². The molecule has 1 heterocycles. The number of halogens is 2. The highest BCUT2D eigenvalue weighted by molar-refractivity contribution is 7.99. The van der Waals surface area contributed by atoms with Gasteiger partial charge in [0.05, 0.1) is 22.3 Å². The molecule has 1 aromatic carbocycles. The van der Waals surface area contributed by atoms with Gasteiger partial charge in [0.2, 0.25) is 0 Å². The van der Waals surface area contributed by atoms with Gasteiger partial charge in [0.15, 0.2) is 11.6 Å². The lowest BCUT2D eigenvalue weighted by Gasteiger charge is -2.11. The van der Waals surface area contributed by atoms with Gasteiger partial charge in [-0.2, -0.15) is 0 Å². The van der Waals surface area contributed by atoms with Gasteiger partial charge in [-0.25, -0.2) is 9.37 Å². The van der Waals surface area contributed by atoms with Crippen LogP contribution in [0.3, 0.4) is 0 Å². The molecule has 0 saturated carbocycles. The number of hydrogen-bond donors (Lipinski definition) is 1. The summed E-state index contributed by atoms with van der Waals surface area (Å²) in [6.07, 6.45) is 0.241. The molecule has 0 radical (unpaired) electrons. The fraction of sp³-hybridized carbons (Fsp3) is 0.333. The number of rotatable bonds is 8. The van der Waals surface area contributed by atoms with Gasteiger partial charge in [-0.3, -0.25) is 4.79 Å². The Balaban J connectivity index is 2.17. The number of carboxylic acid groups (broad SMARTS) is 1. The van der Waals surface area contributed by atoms with E-state index in [4.69, 9.17) is 21.4 Å². The molecule has 0 amide bonds. The molecule has 0 bridgehead atoms. The molecule has 0 saturated heterocycles. The number of ether oxygens (including phenoxy) is 1. The molecule has 2 rings (SSSR count). The zero-order valence-electron chi connectivity index (χ0n) is 14.0. The Kier molecular flexibility index (Phi) is 7.08. The molecule has 1 N–H and O–H groups in total. The van der Waals surface area contributed by atoms with Gasteiger partial charge in [-0.15, -0.1) is 11.8 Å². The Morgan fingerprint density at radius 1 is 1.40 bits per heavy atom. The highest BCUT2D eigenvalue weighted by Gasteiger charge is 2.14. The molecule has 1 aromatic heterocycles. The van der Waals surface area contributed by atoms with Crippen molar-refractivity contribution in [1.29, 1.82) is 0 Å². The second kappa shape index (κ2) is 9.06. The van der Waals surface area contributed by atoms with Crippen LogP contribution < -0.4 is 4.74 Å². The van der Waals surface area contributed by atoms with Crippen LogP contribution in [0.25, 0.3) is 11.3 Å². The summed E-state index contributed by atoms with van der Waals surface area (Å²) < 4.78 is 19.6. The van der Waals surface area contributed by atoms with Crippen LogP contribution in [0.5, 0.6) is 5.75 Å². The number of benzene rings is 1. The predicted molar refractivity (Wildman–Crippen MR) is 98.0 cm³/mol. The first-order chi connectivity index (χ1) is 11.9. The maximum atomic E-state index is 14.3. The van der Waals surface area contributed by atoms with E-state index in [1.807, 2.05) is 12.1 Å². The summed E-state index contributed by atoms with van der Waals surface area (Å²) in [6, 6.07) is 8.50. The van der Waals surface area contributed by atoms with Crippen LogP contribution >= 0.6 is 23.4 Å². The van der Waals surface area contributed by atoms with Crippen LogP contribution in [-0.2, 0) is 4.79 Å². The number of aromatic nitrogens is 1. The number of hydrogen-bond acceptors (Lipinski definition) is 4. The van der Waals surface area contributed by atoms with Gasteiger partial charge in [0, 0.05) is 17.2 Å². The molecule has 0 aliphatic rings. The number of carboxylic acids is 1. The van der Waals surface area contributed by atoms with Gasteiger partial charge < -0.3 is 9.84 Å². The average Bonchev–Trinajstić information content (AvgIpc) is 2.52. The largest absolute Gasteiger partial charge is 0.489 e. The third-order valence-electron chi connectivity index (χ3n) is 3.16. The summed E-state index contributed by atoms with van der Waals surface area (Å²) in [6.45, 7) is 4.24. The molecule has 25 heavy (non-hydrogen) atoms. The fourth-order valence-electron chi connectivity index (χ4n) is 2.13. The second-order valence-corrected chi connectivity index (χ2v) is 7.65. The quantitative estimate of drug-likeness (QED) is 0.496. The van der Waals surface area contributed by atoms with Crippen molar-refractivity contribution < 1.29 is 19.0 Å². The number of aliphatic carboxylic acids is 1. The fourth-order valence-corrected chi connectivity index (χ4v) is 3.18. The Hall–Kier alpha value is -1.79. The van der Waals surface area contributed by atoms with E-state index in [9.17, 15) is 9.18 Å². The van der Waals surface area contributed by atoms with Gasteiger partial charge >= 0.3 is 5.97 Å². The zero-order valence-corrected chi connectivity index (χ0v) is 15.5. The maximum Gasteiger partial charge on any atom is 0.303 e. The molecule has 7 heteroatoms. The van der Waals surface area contributed by atoms with Crippen LogP contribution in [0.4, 0.5) is 4.39 Å². The van der Waals surface area contributed by atoms with Crippen molar-refractivity contribution in [2.24, 2.45) is 0 Å². The lowest BCUT2D eigenvalue weighted by atomic mass is 10.1. The van der Waals surface area contributed by atoms with Crippen molar-refractivity contribution in [3.63, 3.8) is 0 Å². The molecule has 0 unspecified atom stereocenters. The van der Waals surface area contributed by atoms with Crippen molar-refractivity contribution in [3.8, 4) is 17.0 Å². The van der Waals surface area contributed by atoms with Crippen molar-refractivity contribution in [1.82, 2.24) is 4.98 Å². The first kappa shape index (κ1) is 19.5. The van der Waals surface area contributed by atoms with Crippen molar-refractivity contribution in [3.05, 3.63) is 41.2 Å². The van der Waals surface area contributed by atoms with Gasteiger partial charge in [0.25, 0.3) is 0 Å². The van der Waals surface area contributed by atoms with E-state index < -0.39 is 11.8 Å². The van der Waals surface area contributed by atoms with E-state index in [1.165, 1.54) is 6.07 Å². The highest BCUT2D eigenvalue weighted by Crippen LogP contribution is 2.34. The van der Waals surface area contributed by atoms with E-state index in [1.54, 1.807) is 23.9 Å². The zero-order chi connectivity index (χ0) is 18.4. The Bertz CT molecular complexity index is 732. The second-order valence-electron chi connectivity index (χ2n) is 5.64. The first-order valence-corrected chi connectivity index (χ1v) is 9.10. The van der Waals surface area contributed by atoms with Crippen molar-refractivity contribution in [2.75, 3.05) is 6.61 Å². The minimum Gasteiger partial charge on any atom is -0.489 e. The molecule has 0 aliphatic heterocycles. The van der Waals surface area contributed by atoms with Crippen LogP contribution in [0.1, 0.15) is 26.7 Å². The summed E-state index contributed by atoms with van der Waals surface area (Å²) in [4.78, 5) is 15.0. The summed E-state index contributed by atoms with van der Waals surface area (Å²) in [7, 11) is 0. The smallest absolute Gasteiger partial charge is 0.303 e. The molecule has 0 aliphatic carbocycles. The summed E-state index contributed by atoms with van der Waals surface area (Å²) in [5.74, 6) is -1.58. The Morgan fingerprint density at radius 3 is 2.80 bits per heavy atom. The van der Waals surface area contributed by atoms with Gasteiger partial charge in [0.1, 0.15) is 0 Å². The molecule has 0 atom stereocenters. The molecule has 0 spiro atoms. The number of pyridine rings is 1. The van der Waals surface area contributed by atoms with E-state index in [0.29, 0.717) is 16.5 Å².